The molecule has 0 aliphatic carbocycles. The van der Waals surface area contributed by atoms with Crippen LogP contribution >= 0.6 is 0 Å². The molecule has 4 rings (SSSR count). The fourth-order valence-electron chi connectivity index (χ4n) is 4.65. The van der Waals surface area contributed by atoms with Crippen LogP contribution in [0.4, 0.5) is 10.2 Å². The van der Waals surface area contributed by atoms with Crippen LogP contribution in [0.15, 0.2) is 42.9 Å². The van der Waals surface area contributed by atoms with Gasteiger partial charge in [0.15, 0.2) is 0 Å². The quantitative estimate of drug-likeness (QED) is 0.706. The number of rotatable bonds is 4. The fraction of sp³-hybridized carbons (Fsp3) is 0.455. The first-order valence-corrected chi connectivity index (χ1v) is 9.81. The van der Waals surface area contributed by atoms with Gasteiger partial charge in [-0.2, -0.15) is 0 Å². The standard InChI is InChI=1S/C22H28FN5/c1-21(2)11-17(12-22(3,4)27-21)26-19-18-9-10-28(20(18)25-14-24-19)13-15-5-7-16(23)8-6-15/h5-10,14,17,27H,11-13H2,1-4H3,(H,24,25,26). The van der Waals surface area contributed by atoms with Crippen LogP contribution in [0, 0.1) is 5.82 Å². The molecular formula is C22H28FN5. The molecule has 0 spiro atoms. The van der Waals surface area contributed by atoms with E-state index in [9.17, 15) is 4.39 Å². The van der Waals surface area contributed by atoms with E-state index >= 15 is 0 Å². The normalized spacial score (nSPS) is 19.0. The number of piperidine rings is 1. The Bertz CT molecular complexity index is 958. The van der Waals surface area contributed by atoms with Crippen molar-refractivity contribution in [2.24, 2.45) is 0 Å². The lowest BCUT2D eigenvalue weighted by Crippen LogP contribution is -2.60. The van der Waals surface area contributed by atoms with E-state index in [2.05, 4.69) is 58.9 Å². The van der Waals surface area contributed by atoms with Gasteiger partial charge < -0.3 is 15.2 Å². The molecule has 2 N–H and O–H groups in total. The van der Waals surface area contributed by atoms with Crippen LogP contribution in [0.2, 0.25) is 0 Å². The van der Waals surface area contributed by atoms with Crippen LogP contribution in [0.1, 0.15) is 46.1 Å². The van der Waals surface area contributed by atoms with Crippen molar-refractivity contribution in [3.8, 4) is 0 Å². The van der Waals surface area contributed by atoms with Crippen molar-refractivity contribution < 1.29 is 4.39 Å². The third kappa shape index (κ3) is 4.02. The van der Waals surface area contributed by atoms with E-state index in [0.717, 1.165) is 35.3 Å². The van der Waals surface area contributed by atoms with Gasteiger partial charge in [0.05, 0.1) is 5.39 Å². The summed E-state index contributed by atoms with van der Waals surface area (Å²) in [6.07, 6.45) is 5.68. The summed E-state index contributed by atoms with van der Waals surface area (Å²) in [5.41, 5.74) is 2.06. The van der Waals surface area contributed by atoms with E-state index in [-0.39, 0.29) is 16.9 Å². The number of aromatic nitrogens is 3. The zero-order valence-corrected chi connectivity index (χ0v) is 17.0. The van der Waals surface area contributed by atoms with Crippen molar-refractivity contribution in [1.82, 2.24) is 19.9 Å². The maximum absolute atomic E-state index is 13.2. The average molecular weight is 381 g/mol. The van der Waals surface area contributed by atoms with Gasteiger partial charge in [-0.25, -0.2) is 14.4 Å². The first-order chi connectivity index (χ1) is 13.2. The molecule has 3 aromatic rings. The molecule has 3 heterocycles. The van der Waals surface area contributed by atoms with Gasteiger partial charge in [0.1, 0.15) is 23.6 Å². The number of nitrogens with one attached hydrogen (secondary N) is 2. The Morgan fingerprint density at radius 2 is 1.75 bits per heavy atom. The van der Waals surface area contributed by atoms with Crippen molar-refractivity contribution in [3.05, 3.63) is 54.2 Å². The predicted molar refractivity (Wildman–Crippen MR) is 111 cm³/mol. The Labute approximate surface area is 165 Å². The summed E-state index contributed by atoms with van der Waals surface area (Å²) in [5, 5.41) is 8.40. The topological polar surface area (TPSA) is 54.8 Å². The molecule has 1 aliphatic heterocycles. The third-order valence-electron chi connectivity index (χ3n) is 5.35. The van der Waals surface area contributed by atoms with E-state index in [0.29, 0.717) is 12.6 Å². The minimum atomic E-state index is -0.220. The summed E-state index contributed by atoms with van der Waals surface area (Å²) in [4.78, 5) is 9.01. The Morgan fingerprint density at radius 1 is 1.07 bits per heavy atom. The van der Waals surface area contributed by atoms with E-state index in [1.54, 1.807) is 18.5 Å². The summed E-state index contributed by atoms with van der Waals surface area (Å²) in [6, 6.07) is 8.98. The summed E-state index contributed by atoms with van der Waals surface area (Å²) in [7, 11) is 0. The van der Waals surface area contributed by atoms with Gasteiger partial charge >= 0.3 is 0 Å². The molecule has 1 aromatic carbocycles. The van der Waals surface area contributed by atoms with Crippen LogP contribution < -0.4 is 10.6 Å². The Hall–Kier alpha value is -2.47. The van der Waals surface area contributed by atoms with Gasteiger partial charge in [-0.1, -0.05) is 12.1 Å². The zero-order chi connectivity index (χ0) is 19.9. The highest BCUT2D eigenvalue weighted by molar-refractivity contribution is 5.87. The maximum atomic E-state index is 13.2. The molecule has 0 saturated carbocycles. The molecule has 0 atom stereocenters. The van der Waals surface area contributed by atoms with Crippen LogP contribution in [-0.2, 0) is 6.54 Å². The fourth-order valence-corrected chi connectivity index (χ4v) is 4.65. The van der Waals surface area contributed by atoms with Gasteiger partial charge in [0.2, 0.25) is 0 Å². The largest absolute Gasteiger partial charge is 0.367 e. The summed E-state index contributed by atoms with van der Waals surface area (Å²) in [6.45, 7) is 9.64. The molecule has 0 bridgehead atoms. The molecule has 0 amide bonds. The highest BCUT2D eigenvalue weighted by Gasteiger charge is 2.37. The highest BCUT2D eigenvalue weighted by Crippen LogP contribution is 2.31. The van der Waals surface area contributed by atoms with Crippen molar-refractivity contribution in [3.63, 3.8) is 0 Å². The van der Waals surface area contributed by atoms with Gasteiger partial charge in [-0.05, 0) is 64.3 Å². The molecule has 1 saturated heterocycles. The maximum Gasteiger partial charge on any atom is 0.145 e. The molecule has 0 radical (unpaired) electrons. The first-order valence-electron chi connectivity index (χ1n) is 9.81. The number of hydrogen-bond acceptors (Lipinski definition) is 4. The summed E-state index contributed by atoms with van der Waals surface area (Å²) in [5.74, 6) is 0.657. The molecule has 0 unspecified atom stereocenters. The van der Waals surface area contributed by atoms with Crippen LogP contribution in [-0.4, -0.2) is 31.7 Å². The van der Waals surface area contributed by atoms with Crippen LogP contribution in [0.5, 0.6) is 0 Å². The minimum absolute atomic E-state index is 0.0695. The van der Waals surface area contributed by atoms with Crippen molar-refractivity contribution in [1.29, 1.82) is 0 Å². The highest BCUT2D eigenvalue weighted by atomic mass is 19.1. The van der Waals surface area contributed by atoms with Crippen molar-refractivity contribution in [2.75, 3.05) is 5.32 Å². The molecule has 6 heteroatoms. The number of fused-ring (bicyclic) bond motifs is 1. The zero-order valence-electron chi connectivity index (χ0n) is 17.0. The van der Waals surface area contributed by atoms with Crippen molar-refractivity contribution >= 4 is 16.9 Å². The monoisotopic (exact) mass is 381 g/mol. The van der Waals surface area contributed by atoms with Crippen molar-refractivity contribution in [2.45, 2.75) is 64.2 Å². The first kappa shape index (κ1) is 18.9. The Balaban J connectivity index is 1.59. The second kappa shape index (κ2) is 6.85. The second-order valence-corrected chi connectivity index (χ2v) is 9.17. The summed E-state index contributed by atoms with van der Waals surface area (Å²) >= 11 is 0. The lowest BCUT2D eigenvalue weighted by atomic mass is 9.79. The van der Waals surface area contributed by atoms with E-state index in [4.69, 9.17) is 0 Å². The Kier molecular flexibility index (Phi) is 4.62. The second-order valence-electron chi connectivity index (χ2n) is 9.17. The van der Waals surface area contributed by atoms with Gasteiger partial charge in [-0.3, -0.25) is 0 Å². The van der Waals surface area contributed by atoms with E-state index < -0.39 is 0 Å². The molecule has 1 fully saturated rings. The minimum Gasteiger partial charge on any atom is -0.367 e. The molecule has 5 nitrogen and oxygen atoms in total. The Morgan fingerprint density at radius 3 is 2.43 bits per heavy atom. The third-order valence-corrected chi connectivity index (χ3v) is 5.35. The number of benzene rings is 1. The molecule has 2 aromatic heterocycles. The molecule has 1 aliphatic rings. The van der Waals surface area contributed by atoms with Gasteiger partial charge in [0.25, 0.3) is 0 Å². The number of nitrogens with zero attached hydrogens (tertiary/aromatic N) is 3. The number of hydrogen-bond donors (Lipinski definition) is 2. The smallest absolute Gasteiger partial charge is 0.145 e. The lowest BCUT2D eigenvalue weighted by molar-refractivity contribution is 0.170. The summed E-state index contributed by atoms with van der Waals surface area (Å²) < 4.78 is 15.2. The predicted octanol–water partition coefficient (Wildman–Crippen LogP) is 4.34. The SMILES string of the molecule is CC1(C)CC(Nc2ncnc3c2ccn3Cc2ccc(F)cc2)CC(C)(C)N1. The van der Waals surface area contributed by atoms with Gasteiger partial charge in [0, 0.05) is 29.9 Å². The number of halogens is 1. The lowest BCUT2D eigenvalue weighted by Gasteiger charge is -2.46. The van der Waals surface area contributed by atoms with E-state index in [1.807, 2.05) is 6.20 Å². The molecule has 28 heavy (non-hydrogen) atoms. The molecule has 148 valence electrons. The molecular weight excluding hydrogens is 353 g/mol. The van der Waals surface area contributed by atoms with Crippen LogP contribution in [0.3, 0.4) is 0 Å². The van der Waals surface area contributed by atoms with Crippen LogP contribution in [0.25, 0.3) is 11.0 Å². The number of anilines is 1. The van der Waals surface area contributed by atoms with E-state index in [1.165, 1.54) is 12.1 Å². The van der Waals surface area contributed by atoms with Gasteiger partial charge in [-0.15, -0.1) is 0 Å². The average Bonchev–Trinajstić information content (AvgIpc) is 2.98.